The molecule has 0 radical (unpaired) electrons. The van der Waals surface area contributed by atoms with Gasteiger partial charge in [-0.2, -0.15) is 0 Å². The second-order valence-corrected chi connectivity index (χ2v) is 5.46. The summed E-state index contributed by atoms with van der Waals surface area (Å²) in [5, 5.41) is 20.2. The maximum absolute atomic E-state index is 12.6. The zero-order chi connectivity index (χ0) is 14.3. The van der Waals surface area contributed by atoms with Crippen molar-refractivity contribution in [2.75, 3.05) is 13.2 Å². The monoisotopic (exact) mass is 279 g/mol. The topological polar surface area (TPSA) is 88.6 Å². The predicted octanol–water partition coefficient (Wildman–Crippen LogP) is 1.33. The number of hydrogen-bond donors (Lipinski definition) is 1. The largest absolute Gasteiger partial charge is 0.394 e. The van der Waals surface area contributed by atoms with Gasteiger partial charge in [0.1, 0.15) is 5.69 Å². The van der Waals surface area contributed by atoms with Crippen LogP contribution in [0.1, 0.15) is 42.2 Å². The van der Waals surface area contributed by atoms with Crippen molar-refractivity contribution in [2.24, 2.45) is 0 Å². The molecule has 1 aromatic heterocycles. The highest BCUT2D eigenvalue weighted by molar-refractivity contribution is 5.94. The summed E-state index contributed by atoms with van der Waals surface area (Å²) in [4.78, 5) is 24.6. The van der Waals surface area contributed by atoms with Crippen LogP contribution in [-0.4, -0.2) is 44.6 Å². The Kier molecular flexibility index (Phi) is 3.21. The zero-order valence-corrected chi connectivity index (χ0v) is 11.1. The number of carbonyl (C=O) groups is 1. The van der Waals surface area contributed by atoms with Crippen LogP contribution in [0.3, 0.4) is 0 Å². The molecule has 3 rings (SSSR count). The van der Waals surface area contributed by atoms with E-state index in [4.69, 9.17) is 0 Å². The lowest BCUT2D eigenvalue weighted by Crippen LogP contribution is -2.38. The molecule has 0 bridgehead atoms. The van der Waals surface area contributed by atoms with Gasteiger partial charge in [-0.3, -0.25) is 14.9 Å². The third-order valence-electron chi connectivity index (χ3n) is 4.05. The first-order valence-corrected chi connectivity index (χ1v) is 6.90. The average molecular weight is 279 g/mol. The molecule has 1 aliphatic heterocycles. The van der Waals surface area contributed by atoms with Crippen molar-refractivity contribution in [3.05, 3.63) is 28.1 Å². The maximum atomic E-state index is 12.6. The fourth-order valence-electron chi connectivity index (χ4n) is 2.83. The summed E-state index contributed by atoms with van der Waals surface area (Å²) in [6, 6.07) is 1.40. The highest BCUT2D eigenvalue weighted by Crippen LogP contribution is 2.38. The number of aromatic nitrogens is 1. The molecule has 20 heavy (non-hydrogen) atoms. The van der Waals surface area contributed by atoms with Crippen molar-refractivity contribution in [3.63, 3.8) is 0 Å². The minimum Gasteiger partial charge on any atom is -0.394 e. The highest BCUT2D eigenvalue weighted by Gasteiger charge is 2.35. The van der Waals surface area contributed by atoms with Gasteiger partial charge >= 0.3 is 0 Å². The number of aliphatic hydroxyl groups excluding tert-OH is 1. The van der Waals surface area contributed by atoms with E-state index >= 15 is 0 Å². The molecular weight excluding hydrogens is 262 g/mol. The Bertz CT molecular complexity index is 550. The fraction of sp³-hybridized carbons (Fsp3) is 0.615. The fourth-order valence-corrected chi connectivity index (χ4v) is 2.83. The summed E-state index contributed by atoms with van der Waals surface area (Å²) in [5.74, 6) is -0.207. The lowest BCUT2D eigenvalue weighted by atomic mass is 10.2. The van der Waals surface area contributed by atoms with E-state index in [2.05, 4.69) is 0 Å². The normalized spacial score (nSPS) is 22.2. The van der Waals surface area contributed by atoms with E-state index in [0.29, 0.717) is 12.2 Å². The predicted molar refractivity (Wildman–Crippen MR) is 70.5 cm³/mol. The zero-order valence-electron chi connectivity index (χ0n) is 11.1. The lowest BCUT2D eigenvalue weighted by Gasteiger charge is -2.23. The molecule has 2 heterocycles. The first-order valence-electron chi connectivity index (χ1n) is 6.90. The van der Waals surface area contributed by atoms with Crippen LogP contribution in [0.15, 0.2) is 12.3 Å². The molecule has 7 heteroatoms. The van der Waals surface area contributed by atoms with Crippen LogP contribution in [0.25, 0.3) is 0 Å². The number of amides is 1. The van der Waals surface area contributed by atoms with E-state index in [0.717, 1.165) is 25.7 Å². The van der Waals surface area contributed by atoms with E-state index in [1.54, 1.807) is 9.47 Å². The summed E-state index contributed by atoms with van der Waals surface area (Å²) >= 11 is 0. The number of hydrogen-bond acceptors (Lipinski definition) is 4. The Morgan fingerprint density at radius 2 is 2.20 bits per heavy atom. The molecule has 1 aromatic rings. The summed E-state index contributed by atoms with van der Waals surface area (Å²) in [5.41, 5.74) is 0.333. The van der Waals surface area contributed by atoms with Crippen LogP contribution in [0, 0.1) is 10.1 Å². The Labute approximate surface area is 115 Å². The molecule has 7 nitrogen and oxygen atoms in total. The van der Waals surface area contributed by atoms with Crippen molar-refractivity contribution in [3.8, 4) is 0 Å². The number of rotatable bonds is 4. The van der Waals surface area contributed by atoms with Gasteiger partial charge in [0, 0.05) is 18.7 Å². The Morgan fingerprint density at radius 1 is 1.45 bits per heavy atom. The van der Waals surface area contributed by atoms with Crippen molar-refractivity contribution in [1.29, 1.82) is 0 Å². The van der Waals surface area contributed by atoms with E-state index in [9.17, 15) is 20.0 Å². The van der Waals surface area contributed by atoms with Gasteiger partial charge in [0.05, 0.1) is 23.8 Å². The third kappa shape index (κ3) is 2.18. The standard InChI is InChI=1S/C13H17N3O4/c17-8-10-2-1-5-14(10)13(18)12-6-11(16(19)20)7-15(12)9-3-4-9/h6-7,9-10,17H,1-5,8H2. The highest BCUT2D eigenvalue weighted by atomic mass is 16.6. The Hall–Kier alpha value is -1.89. The van der Waals surface area contributed by atoms with Crippen LogP contribution in [0.4, 0.5) is 5.69 Å². The number of aliphatic hydroxyl groups is 1. The second kappa shape index (κ2) is 4.90. The molecule has 1 N–H and O–H groups in total. The van der Waals surface area contributed by atoms with Crippen LogP contribution in [-0.2, 0) is 0 Å². The van der Waals surface area contributed by atoms with Crippen LogP contribution >= 0.6 is 0 Å². The van der Waals surface area contributed by atoms with Crippen LogP contribution in [0.5, 0.6) is 0 Å². The quantitative estimate of drug-likeness (QED) is 0.665. The first-order chi connectivity index (χ1) is 9.61. The summed E-state index contributed by atoms with van der Waals surface area (Å²) < 4.78 is 1.73. The summed E-state index contributed by atoms with van der Waals surface area (Å²) in [6.07, 6.45) is 5.01. The van der Waals surface area contributed by atoms with Crippen LogP contribution < -0.4 is 0 Å². The van der Waals surface area contributed by atoms with Crippen molar-refractivity contribution in [2.45, 2.75) is 37.8 Å². The molecule has 1 unspecified atom stereocenters. The SMILES string of the molecule is O=C(c1cc([N+](=O)[O-])cn1C1CC1)N1CCCC1CO. The van der Waals surface area contributed by atoms with Gasteiger partial charge in [-0.1, -0.05) is 0 Å². The number of carbonyl (C=O) groups excluding carboxylic acids is 1. The molecule has 2 fully saturated rings. The molecule has 0 spiro atoms. The molecule has 2 aliphatic rings. The average Bonchev–Trinajstić information content (AvgIpc) is 3.02. The molecule has 1 amide bonds. The molecule has 1 saturated carbocycles. The molecule has 108 valence electrons. The number of nitrogens with zero attached hydrogens (tertiary/aromatic N) is 3. The van der Waals surface area contributed by atoms with E-state index in [1.807, 2.05) is 0 Å². The number of likely N-dealkylation sites (tertiary alicyclic amines) is 1. The summed E-state index contributed by atoms with van der Waals surface area (Å²) in [6.45, 7) is 0.547. The van der Waals surface area contributed by atoms with Crippen molar-refractivity contribution in [1.82, 2.24) is 9.47 Å². The van der Waals surface area contributed by atoms with Crippen LogP contribution in [0.2, 0.25) is 0 Å². The minimum absolute atomic E-state index is 0.0417. The van der Waals surface area contributed by atoms with Gasteiger partial charge in [-0.05, 0) is 25.7 Å². The molecule has 1 aliphatic carbocycles. The second-order valence-electron chi connectivity index (χ2n) is 5.46. The van der Waals surface area contributed by atoms with E-state index < -0.39 is 4.92 Å². The van der Waals surface area contributed by atoms with E-state index in [-0.39, 0.29) is 30.3 Å². The number of nitro groups is 1. The Balaban J connectivity index is 1.92. The van der Waals surface area contributed by atoms with E-state index in [1.165, 1.54) is 12.3 Å². The first kappa shape index (κ1) is 13.1. The molecule has 1 atom stereocenters. The molecular formula is C13H17N3O4. The van der Waals surface area contributed by atoms with Gasteiger partial charge in [0.15, 0.2) is 0 Å². The van der Waals surface area contributed by atoms with Crippen molar-refractivity contribution < 1.29 is 14.8 Å². The van der Waals surface area contributed by atoms with Gasteiger partial charge in [-0.25, -0.2) is 0 Å². The molecule has 0 aromatic carbocycles. The van der Waals surface area contributed by atoms with Crippen molar-refractivity contribution >= 4 is 11.6 Å². The lowest BCUT2D eigenvalue weighted by molar-refractivity contribution is -0.384. The Morgan fingerprint density at radius 3 is 2.80 bits per heavy atom. The van der Waals surface area contributed by atoms with Gasteiger partial charge in [0.2, 0.25) is 0 Å². The van der Waals surface area contributed by atoms with Gasteiger partial charge in [-0.15, -0.1) is 0 Å². The summed E-state index contributed by atoms with van der Waals surface area (Å²) in [7, 11) is 0. The van der Waals surface area contributed by atoms with Gasteiger partial charge < -0.3 is 14.6 Å². The van der Waals surface area contributed by atoms with Gasteiger partial charge in [0.25, 0.3) is 11.6 Å². The smallest absolute Gasteiger partial charge is 0.287 e. The third-order valence-corrected chi connectivity index (χ3v) is 4.05. The maximum Gasteiger partial charge on any atom is 0.287 e. The minimum atomic E-state index is -0.469. The molecule has 1 saturated heterocycles.